The van der Waals surface area contributed by atoms with Gasteiger partial charge in [0.2, 0.25) is 5.89 Å². The summed E-state index contributed by atoms with van der Waals surface area (Å²) in [5, 5.41) is 7.43. The van der Waals surface area contributed by atoms with Gasteiger partial charge in [-0.3, -0.25) is 0 Å². The van der Waals surface area contributed by atoms with E-state index < -0.39 is 17.2 Å². The largest absolute Gasteiger partial charge is 0.444 e. The lowest BCUT2D eigenvalue weighted by molar-refractivity contribution is 0.0465. The molecule has 3 rings (SSSR count). The number of hydrogen-bond acceptors (Lipinski definition) is 8. The number of carbonyl (C=O) groups excluding carboxylic acids is 1. The number of aromatic nitrogens is 3. The molecular weight excluding hydrogens is 420 g/mol. The van der Waals surface area contributed by atoms with Crippen LogP contribution in [0.15, 0.2) is 27.1 Å². The number of carbonyl (C=O) groups is 1. The number of alkyl carbamates (subject to hydrolysis) is 1. The molecule has 0 saturated carbocycles. The third kappa shape index (κ3) is 5.36. The first kappa shape index (κ1) is 20.9. The molecule has 2 heterocycles. The average molecular weight is 441 g/mol. The number of fused-ring (bicyclic) bond motifs is 1. The number of rotatable bonds is 5. The Morgan fingerprint density at radius 1 is 1.29 bits per heavy atom. The number of amides is 1. The lowest BCUT2D eigenvalue weighted by Crippen LogP contribution is -2.44. The zero-order valence-electron chi connectivity index (χ0n) is 16.2. The number of halogens is 1. The monoisotopic (exact) mass is 440 g/mol. The molecule has 3 aromatic rings. The van der Waals surface area contributed by atoms with E-state index in [0.29, 0.717) is 22.5 Å². The van der Waals surface area contributed by atoms with E-state index in [4.69, 9.17) is 20.9 Å². The standard InChI is InChI=1S/C18H21ClN4O3S2/c1-17(2,3)25-15(24)22-18(4,5)14-21-13(26-23-14)9-27-16-20-11-8-10(19)6-7-12(11)28-16/h6-8H,9H2,1-5H3,(H,22,24). The second kappa shape index (κ2) is 7.88. The molecule has 28 heavy (non-hydrogen) atoms. The van der Waals surface area contributed by atoms with Gasteiger partial charge in [0.05, 0.1) is 16.0 Å². The molecule has 0 saturated heterocycles. The highest BCUT2D eigenvalue weighted by Crippen LogP contribution is 2.32. The van der Waals surface area contributed by atoms with Crippen molar-refractivity contribution in [2.24, 2.45) is 0 Å². The van der Waals surface area contributed by atoms with E-state index >= 15 is 0 Å². The van der Waals surface area contributed by atoms with Gasteiger partial charge in [0.15, 0.2) is 10.2 Å². The number of thioether (sulfide) groups is 1. The Morgan fingerprint density at radius 2 is 2.04 bits per heavy atom. The predicted molar refractivity (Wildman–Crippen MR) is 111 cm³/mol. The van der Waals surface area contributed by atoms with E-state index in [1.165, 1.54) is 11.8 Å². The Balaban J connectivity index is 1.63. The molecular formula is C18H21ClN4O3S2. The summed E-state index contributed by atoms with van der Waals surface area (Å²) in [5.74, 6) is 1.31. The van der Waals surface area contributed by atoms with Gasteiger partial charge in [0.25, 0.3) is 0 Å². The molecule has 0 aliphatic carbocycles. The van der Waals surface area contributed by atoms with Crippen molar-refractivity contribution in [1.29, 1.82) is 0 Å². The Labute approximate surface area is 176 Å². The highest BCUT2D eigenvalue weighted by Gasteiger charge is 2.31. The third-order valence-corrected chi connectivity index (χ3v) is 5.89. The Hall–Kier alpha value is -1.84. The van der Waals surface area contributed by atoms with Gasteiger partial charge in [-0.25, -0.2) is 9.78 Å². The number of ether oxygens (including phenoxy) is 1. The van der Waals surface area contributed by atoms with Crippen molar-refractivity contribution >= 4 is 51.0 Å². The van der Waals surface area contributed by atoms with Crippen LogP contribution < -0.4 is 5.32 Å². The molecule has 1 amide bonds. The molecule has 2 aromatic heterocycles. The molecule has 1 aromatic carbocycles. The van der Waals surface area contributed by atoms with Crippen LogP contribution in [-0.2, 0) is 16.0 Å². The summed E-state index contributed by atoms with van der Waals surface area (Å²) in [6, 6.07) is 5.64. The summed E-state index contributed by atoms with van der Waals surface area (Å²) < 4.78 is 12.6. The number of nitrogens with one attached hydrogen (secondary N) is 1. The molecule has 0 bridgehead atoms. The van der Waals surface area contributed by atoms with Crippen LogP contribution in [0.2, 0.25) is 5.02 Å². The molecule has 10 heteroatoms. The van der Waals surface area contributed by atoms with Crippen molar-refractivity contribution in [2.45, 2.75) is 55.9 Å². The van der Waals surface area contributed by atoms with Crippen molar-refractivity contribution in [1.82, 2.24) is 20.4 Å². The van der Waals surface area contributed by atoms with Crippen LogP contribution in [0.3, 0.4) is 0 Å². The van der Waals surface area contributed by atoms with Gasteiger partial charge in [-0.1, -0.05) is 28.5 Å². The number of thiazole rings is 1. The fourth-order valence-corrected chi connectivity index (χ4v) is 4.30. The first-order valence-electron chi connectivity index (χ1n) is 8.55. The van der Waals surface area contributed by atoms with Gasteiger partial charge in [-0.2, -0.15) is 4.98 Å². The maximum atomic E-state index is 12.0. The zero-order valence-corrected chi connectivity index (χ0v) is 18.6. The first-order chi connectivity index (χ1) is 13.0. The fourth-order valence-electron chi connectivity index (χ4n) is 2.25. The maximum absolute atomic E-state index is 12.0. The van der Waals surface area contributed by atoms with Gasteiger partial charge < -0.3 is 14.6 Å². The van der Waals surface area contributed by atoms with E-state index in [1.807, 2.05) is 18.2 Å². The topological polar surface area (TPSA) is 90.1 Å². The number of nitrogens with zero attached hydrogens (tertiary/aromatic N) is 3. The lowest BCUT2D eigenvalue weighted by Gasteiger charge is -2.26. The van der Waals surface area contributed by atoms with Crippen molar-refractivity contribution in [3.63, 3.8) is 0 Å². The van der Waals surface area contributed by atoms with Gasteiger partial charge >= 0.3 is 6.09 Å². The van der Waals surface area contributed by atoms with Crippen molar-refractivity contribution in [3.05, 3.63) is 34.9 Å². The minimum atomic E-state index is -0.832. The van der Waals surface area contributed by atoms with Gasteiger partial charge in [0.1, 0.15) is 11.1 Å². The fraction of sp³-hybridized carbons (Fsp3) is 0.444. The van der Waals surface area contributed by atoms with E-state index in [-0.39, 0.29) is 0 Å². The molecule has 150 valence electrons. The second-order valence-corrected chi connectivity index (χ2v) is 10.3. The minimum absolute atomic E-state index is 0.380. The van der Waals surface area contributed by atoms with Crippen molar-refractivity contribution in [3.8, 4) is 0 Å². The van der Waals surface area contributed by atoms with Crippen LogP contribution in [0.5, 0.6) is 0 Å². The van der Waals surface area contributed by atoms with Gasteiger partial charge in [0, 0.05) is 5.02 Å². The normalized spacial score (nSPS) is 12.4. The number of benzene rings is 1. The highest BCUT2D eigenvalue weighted by atomic mass is 35.5. The molecule has 0 spiro atoms. The summed E-state index contributed by atoms with van der Waals surface area (Å²) in [5.41, 5.74) is -0.545. The summed E-state index contributed by atoms with van der Waals surface area (Å²) >= 11 is 9.09. The Morgan fingerprint density at radius 3 is 2.75 bits per heavy atom. The summed E-state index contributed by atoms with van der Waals surface area (Å²) in [4.78, 5) is 21.0. The van der Waals surface area contributed by atoms with E-state index in [9.17, 15) is 4.79 Å². The van der Waals surface area contributed by atoms with E-state index in [1.54, 1.807) is 46.0 Å². The van der Waals surface area contributed by atoms with Crippen LogP contribution in [-0.4, -0.2) is 26.8 Å². The van der Waals surface area contributed by atoms with Crippen molar-refractivity contribution in [2.75, 3.05) is 0 Å². The zero-order chi connectivity index (χ0) is 20.5. The highest BCUT2D eigenvalue weighted by molar-refractivity contribution is 8.00. The molecule has 0 unspecified atom stereocenters. The lowest BCUT2D eigenvalue weighted by atomic mass is 10.1. The third-order valence-electron chi connectivity index (χ3n) is 3.49. The predicted octanol–water partition coefficient (Wildman–Crippen LogP) is 5.38. The van der Waals surface area contributed by atoms with Crippen LogP contribution in [0.25, 0.3) is 10.2 Å². The molecule has 0 atom stereocenters. The molecule has 0 radical (unpaired) electrons. The SMILES string of the molecule is CC(C)(C)OC(=O)NC(C)(C)c1noc(CSc2nc3cc(Cl)ccc3s2)n1. The maximum Gasteiger partial charge on any atom is 0.408 e. The van der Waals surface area contributed by atoms with Gasteiger partial charge in [-0.15, -0.1) is 11.3 Å². The molecule has 7 nitrogen and oxygen atoms in total. The molecule has 0 fully saturated rings. The quantitative estimate of drug-likeness (QED) is 0.532. The van der Waals surface area contributed by atoms with Crippen LogP contribution in [0, 0.1) is 0 Å². The molecule has 0 aliphatic heterocycles. The molecule has 1 N–H and O–H groups in total. The smallest absolute Gasteiger partial charge is 0.408 e. The molecule has 0 aliphatic rings. The summed E-state index contributed by atoms with van der Waals surface area (Å²) in [6.07, 6.45) is -0.536. The summed E-state index contributed by atoms with van der Waals surface area (Å²) in [7, 11) is 0. The number of hydrogen-bond donors (Lipinski definition) is 1. The Kier molecular flexibility index (Phi) is 5.88. The van der Waals surface area contributed by atoms with Crippen LogP contribution in [0.1, 0.15) is 46.3 Å². The van der Waals surface area contributed by atoms with E-state index in [0.717, 1.165) is 14.6 Å². The van der Waals surface area contributed by atoms with Crippen LogP contribution >= 0.6 is 34.7 Å². The van der Waals surface area contributed by atoms with Crippen molar-refractivity contribution < 1.29 is 14.1 Å². The van der Waals surface area contributed by atoms with Gasteiger partial charge in [-0.05, 0) is 52.8 Å². The summed E-state index contributed by atoms with van der Waals surface area (Å²) in [6.45, 7) is 8.99. The first-order valence-corrected chi connectivity index (χ1v) is 10.7. The second-order valence-electron chi connectivity index (χ2n) is 7.64. The van der Waals surface area contributed by atoms with Crippen LogP contribution in [0.4, 0.5) is 4.79 Å². The average Bonchev–Trinajstić information content (AvgIpc) is 3.16. The van der Waals surface area contributed by atoms with E-state index in [2.05, 4.69) is 20.4 Å². The minimum Gasteiger partial charge on any atom is -0.444 e. The Bertz CT molecular complexity index is 994.